The molecule has 3 amide bonds. The van der Waals surface area contributed by atoms with Crippen LogP contribution in [0.3, 0.4) is 0 Å². The molecule has 25 heavy (non-hydrogen) atoms. The Labute approximate surface area is 148 Å². The highest BCUT2D eigenvalue weighted by molar-refractivity contribution is 5.78. The third-order valence-electron chi connectivity index (χ3n) is 4.97. The van der Waals surface area contributed by atoms with E-state index in [-0.39, 0.29) is 18.0 Å². The number of rotatable bonds is 7. The number of urea groups is 1. The summed E-state index contributed by atoms with van der Waals surface area (Å²) in [6.07, 6.45) is 3.93. The van der Waals surface area contributed by atoms with Crippen LogP contribution in [-0.2, 0) is 4.79 Å². The van der Waals surface area contributed by atoms with Crippen LogP contribution in [0.15, 0.2) is 16.5 Å². The normalized spacial score (nSPS) is 19.4. The maximum atomic E-state index is 12.1. The molecule has 1 aromatic rings. The molecule has 2 fully saturated rings. The van der Waals surface area contributed by atoms with E-state index in [4.69, 9.17) is 4.42 Å². The van der Waals surface area contributed by atoms with Crippen molar-refractivity contribution < 1.29 is 14.0 Å². The predicted octanol–water partition coefficient (Wildman–Crippen LogP) is 1.65. The van der Waals surface area contributed by atoms with Crippen molar-refractivity contribution in [2.45, 2.75) is 38.6 Å². The quantitative estimate of drug-likeness (QED) is 0.785. The summed E-state index contributed by atoms with van der Waals surface area (Å²) >= 11 is 0. The Morgan fingerprint density at radius 1 is 1.20 bits per heavy atom. The molecule has 7 nitrogen and oxygen atoms in total. The number of carbonyl (C=O) groups is 2. The molecule has 138 valence electrons. The molecule has 0 aliphatic carbocycles. The van der Waals surface area contributed by atoms with Crippen molar-refractivity contribution in [1.29, 1.82) is 0 Å². The van der Waals surface area contributed by atoms with Gasteiger partial charge in [-0.25, -0.2) is 4.79 Å². The van der Waals surface area contributed by atoms with E-state index in [1.807, 2.05) is 19.1 Å². The van der Waals surface area contributed by atoms with Crippen LogP contribution >= 0.6 is 0 Å². The molecule has 0 bridgehead atoms. The minimum Gasteiger partial charge on any atom is -0.465 e. The van der Waals surface area contributed by atoms with Gasteiger partial charge in [-0.05, 0) is 51.4 Å². The Morgan fingerprint density at radius 3 is 2.64 bits per heavy atom. The minimum atomic E-state index is -0.195. The number of nitrogens with one attached hydrogen (secondary N) is 2. The standard InChI is InChI=1S/C18H28N4O3/c1-14-6-7-16(25-14)15(21-9-2-3-10-21)13-20-18(24)19-8-12-22-11-4-5-17(22)23/h6-7,15H,2-5,8-13H2,1H3,(H2,19,20,24). The smallest absolute Gasteiger partial charge is 0.314 e. The van der Waals surface area contributed by atoms with Gasteiger partial charge in [-0.1, -0.05) is 0 Å². The molecular formula is C18H28N4O3. The van der Waals surface area contributed by atoms with Gasteiger partial charge in [0.1, 0.15) is 11.5 Å². The summed E-state index contributed by atoms with van der Waals surface area (Å²) in [5.74, 6) is 1.98. The number of hydrogen-bond acceptors (Lipinski definition) is 4. The van der Waals surface area contributed by atoms with Crippen molar-refractivity contribution in [3.05, 3.63) is 23.7 Å². The van der Waals surface area contributed by atoms with Crippen LogP contribution in [0.2, 0.25) is 0 Å². The monoisotopic (exact) mass is 348 g/mol. The zero-order chi connectivity index (χ0) is 17.6. The van der Waals surface area contributed by atoms with Crippen LogP contribution in [0.5, 0.6) is 0 Å². The number of amides is 3. The second-order valence-corrected chi connectivity index (χ2v) is 6.83. The van der Waals surface area contributed by atoms with Crippen molar-refractivity contribution in [2.75, 3.05) is 39.3 Å². The molecule has 3 heterocycles. The van der Waals surface area contributed by atoms with Gasteiger partial charge in [-0.3, -0.25) is 9.69 Å². The van der Waals surface area contributed by atoms with Gasteiger partial charge in [0.05, 0.1) is 6.04 Å². The van der Waals surface area contributed by atoms with Crippen LogP contribution in [0.4, 0.5) is 4.79 Å². The molecule has 2 aliphatic heterocycles. The first-order chi connectivity index (χ1) is 12.1. The molecule has 1 atom stereocenters. The fourth-order valence-electron chi connectivity index (χ4n) is 3.59. The molecule has 2 N–H and O–H groups in total. The zero-order valence-corrected chi connectivity index (χ0v) is 14.9. The van der Waals surface area contributed by atoms with E-state index in [0.717, 1.165) is 37.6 Å². The summed E-state index contributed by atoms with van der Waals surface area (Å²) in [6, 6.07) is 3.84. The van der Waals surface area contributed by atoms with E-state index in [1.165, 1.54) is 12.8 Å². The van der Waals surface area contributed by atoms with Gasteiger partial charge in [-0.2, -0.15) is 0 Å². The number of aryl methyl sites for hydroxylation is 1. The van der Waals surface area contributed by atoms with Gasteiger partial charge in [0.15, 0.2) is 0 Å². The first kappa shape index (κ1) is 17.8. The molecule has 1 unspecified atom stereocenters. The van der Waals surface area contributed by atoms with Crippen molar-refractivity contribution in [2.24, 2.45) is 0 Å². The molecule has 0 spiro atoms. The largest absolute Gasteiger partial charge is 0.465 e. The molecule has 0 radical (unpaired) electrons. The molecule has 0 aromatic carbocycles. The summed E-state index contributed by atoms with van der Waals surface area (Å²) in [7, 11) is 0. The molecule has 1 aromatic heterocycles. The Morgan fingerprint density at radius 2 is 2.00 bits per heavy atom. The molecule has 2 saturated heterocycles. The summed E-state index contributed by atoms with van der Waals surface area (Å²) in [5.41, 5.74) is 0. The summed E-state index contributed by atoms with van der Waals surface area (Å²) < 4.78 is 5.79. The average Bonchev–Trinajstić information content (AvgIpc) is 3.32. The minimum absolute atomic E-state index is 0.0714. The lowest BCUT2D eigenvalue weighted by molar-refractivity contribution is -0.127. The van der Waals surface area contributed by atoms with Gasteiger partial charge in [0, 0.05) is 32.6 Å². The van der Waals surface area contributed by atoms with E-state index in [2.05, 4.69) is 15.5 Å². The number of hydrogen-bond donors (Lipinski definition) is 2. The number of nitrogens with zero attached hydrogens (tertiary/aromatic N) is 2. The van der Waals surface area contributed by atoms with Crippen LogP contribution in [0.1, 0.15) is 43.2 Å². The van der Waals surface area contributed by atoms with E-state index in [0.29, 0.717) is 26.1 Å². The van der Waals surface area contributed by atoms with E-state index < -0.39 is 0 Å². The van der Waals surface area contributed by atoms with Gasteiger partial charge >= 0.3 is 6.03 Å². The van der Waals surface area contributed by atoms with E-state index >= 15 is 0 Å². The van der Waals surface area contributed by atoms with Gasteiger partial charge in [0.25, 0.3) is 0 Å². The predicted molar refractivity (Wildman–Crippen MR) is 94.2 cm³/mol. The zero-order valence-electron chi connectivity index (χ0n) is 14.9. The Hall–Kier alpha value is -2.02. The second kappa shape index (κ2) is 8.38. The molecular weight excluding hydrogens is 320 g/mol. The highest BCUT2D eigenvalue weighted by Crippen LogP contribution is 2.26. The van der Waals surface area contributed by atoms with Crippen molar-refractivity contribution in [3.63, 3.8) is 0 Å². The Kier molecular flexibility index (Phi) is 5.96. The number of likely N-dealkylation sites (tertiary alicyclic amines) is 2. The highest BCUT2D eigenvalue weighted by atomic mass is 16.3. The van der Waals surface area contributed by atoms with Crippen LogP contribution in [0.25, 0.3) is 0 Å². The molecule has 0 saturated carbocycles. The highest BCUT2D eigenvalue weighted by Gasteiger charge is 2.26. The van der Waals surface area contributed by atoms with Crippen LogP contribution < -0.4 is 10.6 Å². The van der Waals surface area contributed by atoms with Crippen molar-refractivity contribution in [3.8, 4) is 0 Å². The number of furan rings is 1. The maximum absolute atomic E-state index is 12.1. The first-order valence-corrected chi connectivity index (χ1v) is 9.23. The lowest BCUT2D eigenvalue weighted by atomic mass is 10.2. The third kappa shape index (κ3) is 4.75. The van der Waals surface area contributed by atoms with Crippen LogP contribution in [0, 0.1) is 6.92 Å². The fourth-order valence-corrected chi connectivity index (χ4v) is 3.59. The van der Waals surface area contributed by atoms with Gasteiger partial charge in [-0.15, -0.1) is 0 Å². The molecule has 3 rings (SSSR count). The number of carbonyl (C=O) groups excluding carboxylic acids is 2. The SMILES string of the molecule is Cc1ccc(C(CNC(=O)NCCN2CCCC2=O)N2CCCC2)o1. The summed E-state index contributed by atoms with van der Waals surface area (Å²) in [4.78, 5) is 27.8. The van der Waals surface area contributed by atoms with Gasteiger partial charge in [0.2, 0.25) is 5.91 Å². The lowest BCUT2D eigenvalue weighted by Crippen LogP contribution is -2.44. The maximum Gasteiger partial charge on any atom is 0.314 e. The van der Waals surface area contributed by atoms with Crippen molar-refractivity contribution >= 4 is 11.9 Å². The second-order valence-electron chi connectivity index (χ2n) is 6.83. The lowest BCUT2D eigenvalue weighted by Gasteiger charge is -2.26. The average molecular weight is 348 g/mol. The summed E-state index contributed by atoms with van der Waals surface area (Å²) in [5, 5.41) is 5.79. The Bertz CT molecular complexity index is 595. The molecule has 2 aliphatic rings. The van der Waals surface area contributed by atoms with E-state index in [1.54, 1.807) is 4.90 Å². The fraction of sp³-hybridized carbons (Fsp3) is 0.667. The topological polar surface area (TPSA) is 77.8 Å². The van der Waals surface area contributed by atoms with E-state index in [9.17, 15) is 9.59 Å². The molecule has 7 heteroatoms. The van der Waals surface area contributed by atoms with Gasteiger partial charge < -0.3 is 20.0 Å². The third-order valence-corrected chi connectivity index (χ3v) is 4.97. The first-order valence-electron chi connectivity index (χ1n) is 9.23. The van der Waals surface area contributed by atoms with Crippen molar-refractivity contribution in [1.82, 2.24) is 20.4 Å². The van der Waals surface area contributed by atoms with Crippen LogP contribution in [-0.4, -0.2) is 61.0 Å². The summed E-state index contributed by atoms with van der Waals surface area (Å²) in [6.45, 7) is 6.38. The Balaban J connectivity index is 1.45.